The van der Waals surface area contributed by atoms with Crippen LogP contribution < -0.4 is 5.73 Å². The lowest BCUT2D eigenvalue weighted by molar-refractivity contribution is 0.226. The third-order valence-corrected chi connectivity index (χ3v) is 4.84. The molecule has 0 radical (unpaired) electrons. The van der Waals surface area contributed by atoms with Crippen LogP contribution in [0.15, 0.2) is 18.2 Å². The van der Waals surface area contributed by atoms with Gasteiger partial charge in [0.2, 0.25) is 0 Å². The molecule has 0 saturated carbocycles. The molecule has 0 amide bonds. The Kier molecular flexibility index (Phi) is 5.38. The number of hydrogen-bond acceptors (Lipinski definition) is 4. The lowest BCUT2D eigenvalue weighted by Crippen LogP contribution is -2.28. The van der Waals surface area contributed by atoms with Gasteiger partial charge in [-0.25, -0.2) is 4.98 Å². The Hall–Kier alpha value is -1.13. The van der Waals surface area contributed by atoms with Gasteiger partial charge in [-0.15, -0.1) is 0 Å². The molecular formula is C16H25N3S. The molecular weight excluding hydrogens is 266 g/mol. The maximum Gasteiger partial charge on any atom is 0.181 e. The van der Waals surface area contributed by atoms with Gasteiger partial charge in [0.1, 0.15) is 0 Å². The lowest BCUT2D eigenvalue weighted by atomic mass is 10.0. The molecule has 0 aliphatic carbocycles. The van der Waals surface area contributed by atoms with E-state index in [2.05, 4.69) is 48.9 Å². The zero-order valence-corrected chi connectivity index (χ0v) is 13.5. The van der Waals surface area contributed by atoms with E-state index in [-0.39, 0.29) is 0 Å². The van der Waals surface area contributed by atoms with E-state index in [1.165, 1.54) is 29.6 Å². The minimum Gasteiger partial charge on any atom is -0.375 e. The van der Waals surface area contributed by atoms with Gasteiger partial charge in [-0.2, -0.15) is 0 Å². The van der Waals surface area contributed by atoms with Crippen LogP contribution in [-0.2, 0) is 6.54 Å². The van der Waals surface area contributed by atoms with Crippen molar-refractivity contribution in [3.05, 3.63) is 23.8 Å². The summed E-state index contributed by atoms with van der Waals surface area (Å²) in [6.45, 7) is 10.1. The maximum absolute atomic E-state index is 5.77. The molecule has 0 unspecified atom stereocenters. The fraction of sp³-hybridized carbons (Fsp3) is 0.562. The molecule has 2 rings (SSSR count). The average Bonchev–Trinajstić information content (AvgIpc) is 2.82. The van der Waals surface area contributed by atoms with Crippen LogP contribution in [0.4, 0.5) is 5.13 Å². The van der Waals surface area contributed by atoms with Gasteiger partial charge in [-0.1, -0.05) is 51.0 Å². The Labute approximate surface area is 125 Å². The van der Waals surface area contributed by atoms with E-state index in [9.17, 15) is 0 Å². The molecule has 2 aromatic rings. The van der Waals surface area contributed by atoms with Crippen molar-refractivity contribution in [3.63, 3.8) is 0 Å². The monoisotopic (exact) mass is 291 g/mol. The lowest BCUT2D eigenvalue weighted by Gasteiger charge is -2.25. The molecule has 20 heavy (non-hydrogen) atoms. The first-order valence-corrected chi connectivity index (χ1v) is 8.35. The first-order valence-electron chi connectivity index (χ1n) is 7.53. The second kappa shape index (κ2) is 7.04. The SMILES string of the molecule is CCC(CC)CN(CC)Cc1ccc2nc(N)sc2c1. The summed E-state index contributed by atoms with van der Waals surface area (Å²) < 4.78 is 1.19. The van der Waals surface area contributed by atoms with Crippen molar-refractivity contribution in [3.8, 4) is 0 Å². The molecule has 1 aromatic heterocycles. The Bertz CT molecular complexity index is 546. The molecule has 0 fully saturated rings. The highest BCUT2D eigenvalue weighted by Crippen LogP contribution is 2.25. The first kappa shape index (κ1) is 15.3. The molecule has 2 N–H and O–H groups in total. The van der Waals surface area contributed by atoms with Crippen LogP contribution in [0, 0.1) is 5.92 Å². The number of benzene rings is 1. The van der Waals surface area contributed by atoms with Gasteiger partial charge < -0.3 is 5.73 Å². The number of rotatable bonds is 7. The molecule has 0 aliphatic heterocycles. The summed E-state index contributed by atoms with van der Waals surface area (Å²) in [6.07, 6.45) is 2.52. The van der Waals surface area contributed by atoms with E-state index in [0.29, 0.717) is 5.13 Å². The van der Waals surface area contributed by atoms with Gasteiger partial charge in [0.25, 0.3) is 0 Å². The van der Waals surface area contributed by atoms with E-state index >= 15 is 0 Å². The number of nitrogens with two attached hydrogens (primary N) is 1. The average molecular weight is 291 g/mol. The topological polar surface area (TPSA) is 42.2 Å². The number of aromatic nitrogens is 1. The normalized spacial score (nSPS) is 11.8. The van der Waals surface area contributed by atoms with E-state index in [0.717, 1.165) is 24.5 Å². The molecule has 0 saturated heterocycles. The Balaban J connectivity index is 2.08. The van der Waals surface area contributed by atoms with Gasteiger partial charge in [0.15, 0.2) is 5.13 Å². The summed E-state index contributed by atoms with van der Waals surface area (Å²) in [4.78, 5) is 6.84. The third kappa shape index (κ3) is 3.70. The number of anilines is 1. The van der Waals surface area contributed by atoms with Crippen molar-refractivity contribution >= 4 is 26.7 Å². The van der Waals surface area contributed by atoms with Gasteiger partial charge >= 0.3 is 0 Å². The highest BCUT2D eigenvalue weighted by Gasteiger charge is 2.11. The van der Waals surface area contributed by atoms with Crippen molar-refractivity contribution in [1.29, 1.82) is 0 Å². The van der Waals surface area contributed by atoms with Crippen LogP contribution in [0.5, 0.6) is 0 Å². The van der Waals surface area contributed by atoms with Crippen LogP contribution in [0.1, 0.15) is 39.2 Å². The molecule has 1 heterocycles. The Morgan fingerprint density at radius 3 is 2.65 bits per heavy atom. The van der Waals surface area contributed by atoms with Crippen LogP contribution >= 0.6 is 11.3 Å². The van der Waals surface area contributed by atoms with Crippen molar-refractivity contribution in [1.82, 2.24) is 9.88 Å². The fourth-order valence-electron chi connectivity index (χ4n) is 2.56. The third-order valence-electron chi connectivity index (χ3n) is 3.99. The largest absolute Gasteiger partial charge is 0.375 e. The summed E-state index contributed by atoms with van der Waals surface area (Å²) in [5.74, 6) is 0.803. The maximum atomic E-state index is 5.77. The van der Waals surface area contributed by atoms with E-state index in [1.807, 2.05) is 0 Å². The van der Waals surface area contributed by atoms with Gasteiger partial charge in [-0.3, -0.25) is 4.90 Å². The smallest absolute Gasteiger partial charge is 0.181 e. The fourth-order valence-corrected chi connectivity index (χ4v) is 3.36. The second-order valence-electron chi connectivity index (χ2n) is 5.36. The summed E-state index contributed by atoms with van der Waals surface area (Å²) in [5, 5.41) is 0.654. The number of nitrogen functional groups attached to an aromatic ring is 1. The molecule has 110 valence electrons. The van der Waals surface area contributed by atoms with Crippen LogP contribution in [-0.4, -0.2) is 23.0 Å². The summed E-state index contributed by atoms with van der Waals surface area (Å²) in [5.41, 5.74) is 8.14. The van der Waals surface area contributed by atoms with E-state index < -0.39 is 0 Å². The number of fused-ring (bicyclic) bond motifs is 1. The van der Waals surface area contributed by atoms with Crippen molar-refractivity contribution in [2.45, 2.75) is 40.2 Å². The predicted octanol–water partition coefficient (Wildman–Crippen LogP) is 4.14. The summed E-state index contributed by atoms with van der Waals surface area (Å²) >= 11 is 1.57. The molecule has 0 spiro atoms. The first-order chi connectivity index (χ1) is 9.66. The minimum atomic E-state index is 0.654. The standard InChI is InChI=1S/C16H25N3S/c1-4-12(5-2)10-19(6-3)11-13-7-8-14-15(9-13)20-16(17)18-14/h7-9,12H,4-6,10-11H2,1-3H3,(H2,17,18). The Morgan fingerprint density at radius 2 is 2.00 bits per heavy atom. The highest BCUT2D eigenvalue weighted by molar-refractivity contribution is 7.22. The van der Waals surface area contributed by atoms with Crippen molar-refractivity contribution in [2.75, 3.05) is 18.8 Å². The van der Waals surface area contributed by atoms with Gasteiger partial charge in [-0.05, 0) is 30.2 Å². The summed E-state index contributed by atoms with van der Waals surface area (Å²) in [6, 6.07) is 6.50. The van der Waals surface area contributed by atoms with E-state index in [4.69, 9.17) is 5.73 Å². The van der Waals surface area contributed by atoms with Crippen LogP contribution in [0.25, 0.3) is 10.2 Å². The zero-order chi connectivity index (χ0) is 14.5. The van der Waals surface area contributed by atoms with E-state index in [1.54, 1.807) is 11.3 Å². The summed E-state index contributed by atoms with van der Waals surface area (Å²) in [7, 11) is 0. The number of thiazole rings is 1. The number of hydrogen-bond donors (Lipinski definition) is 1. The molecule has 3 nitrogen and oxygen atoms in total. The van der Waals surface area contributed by atoms with Gasteiger partial charge in [0.05, 0.1) is 10.2 Å². The molecule has 0 aliphatic rings. The quantitative estimate of drug-likeness (QED) is 0.833. The zero-order valence-electron chi connectivity index (χ0n) is 12.7. The van der Waals surface area contributed by atoms with Crippen molar-refractivity contribution < 1.29 is 0 Å². The molecule has 4 heteroatoms. The molecule has 0 bridgehead atoms. The second-order valence-corrected chi connectivity index (χ2v) is 6.43. The minimum absolute atomic E-state index is 0.654. The van der Waals surface area contributed by atoms with Crippen LogP contribution in [0.3, 0.4) is 0 Å². The number of nitrogens with zero attached hydrogens (tertiary/aromatic N) is 2. The molecule has 0 atom stereocenters. The molecule has 1 aromatic carbocycles. The highest BCUT2D eigenvalue weighted by atomic mass is 32.1. The Morgan fingerprint density at radius 1 is 1.25 bits per heavy atom. The van der Waals surface area contributed by atoms with Crippen molar-refractivity contribution in [2.24, 2.45) is 5.92 Å². The van der Waals surface area contributed by atoms with Gasteiger partial charge in [0, 0.05) is 13.1 Å². The predicted molar refractivity (Wildman–Crippen MR) is 89.1 cm³/mol. The van der Waals surface area contributed by atoms with Crippen LogP contribution in [0.2, 0.25) is 0 Å².